The molecule has 0 spiro atoms. The van der Waals surface area contributed by atoms with E-state index in [0.717, 1.165) is 0 Å². The Labute approximate surface area is 113 Å². The average molecular weight is 287 g/mol. The number of nitro benzene ring substituents is 1. The lowest BCUT2D eigenvalue weighted by Gasteiger charge is -2.09. The van der Waals surface area contributed by atoms with E-state index in [4.69, 9.17) is 16.7 Å². The molecule has 0 fully saturated rings. The molecule has 0 aliphatic heterocycles. The number of nitrogens with zero attached hydrogens (tertiary/aromatic N) is 1. The number of benzene rings is 1. The molecule has 0 aliphatic rings. The van der Waals surface area contributed by atoms with Gasteiger partial charge in [-0.1, -0.05) is 24.6 Å². The Hall–Kier alpha value is -2.15. The summed E-state index contributed by atoms with van der Waals surface area (Å²) in [5.41, 5.74) is -0.436. The highest BCUT2D eigenvalue weighted by atomic mass is 35.5. The van der Waals surface area contributed by atoms with Crippen LogP contribution < -0.4 is 5.32 Å². The summed E-state index contributed by atoms with van der Waals surface area (Å²) in [6.45, 7) is 1.34. The van der Waals surface area contributed by atoms with Crippen LogP contribution in [0.3, 0.4) is 0 Å². The van der Waals surface area contributed by atoms with Crippen LogP contribution in [0.4, 0.5) is 5.69 Å². The van der Waals surface area contributed by atoms with Crippen molar-refractivity contribution in [1.82, 2.24) is 5.32 Å². The second-order valence-electron chi connectivity index (χ2n) is 3.85. The van der Waals surface area contributed by atoms with E-state index in [2.05, 4.69) is 5.32 Å². The Kier molecular flexibility index (Phi) is 4.82. The van der Waals surface area contributed by atoms with Gasteiger partial charge in [0.15, 0.2) is 0 Å². The quantitative estimate of drug-likeness (QED) is 0.632. The van der Waals surface area contributed by atoms with Gasteiger partial charge in [0.2, 0.25) is 0 Å². The second kappa shape index (κ2) is 6.14. The van der Waals surface area contributed by atoms with Crippen molar-refractivity contribution in [3.05, 3.63) is 38.9 Å². The summed E-state index contributed by atoms with van der Waals surface area (Å²) in [4.78, 5) is 32.3. The zero-order valence-corrected chi connectivity index (χ0v) is 10.7. The molecule has 0 heterocycles. The maximum Gasteiger partial charge on any atom is 0.308 e. The van der Waals surface area contributed by atoms with Crippen LogP contribution in [0.1, 0.15) is 17.3 Å². The van der Waals surface area contributed by atoms with E-state index in [1.54, 1.807) is 0 Å². The number of nitrogens with one attached hydrogen (secondary N) is 1. The Morgan fingerprint density at radius 1 is 1.53 bits per heavy atom. The van der Waals surface area contributed by atoms with Crippen LogP contribution in [0.25, 0.3) is 0 Å². The van der Waals surface area contributed by atoms with Crippen LogP contribution in [0, 0.1) is 16.0 Å². The SMILES string of the molecule is CC(CNC(=O)c1cccc([N+](=O)[O-])c1Cl)C(=O)O. The van der Waals surface area contributed by atoms with E-state index >= 15 is 0 Å². The zero-order valence-electron chi connectivity index (χ0n) is 9.92. The number of hydrogen-bond donors (Lipinski definition) is 2. The fraction of sp³-hybridized carbons (Fsp3) is 0.273. The lowest BCUT2D eigenvalue weighted by Crippen LogP contribution is -2.31. The molecule has 1 unspecified atom stereocenters. The number of carboxylic acids is 1. The van der Waals surface area contributed by atoms with Crippen LogP contribution in [-0.4, -0.2) is 28.5 Å². The number of rotatable bonds is 5. The number of carboxylic acid groups (broad SMARTS) is 1. The maximum atomic E-state index is 11.8. The van der Waals surface area contributed by atoms with Crippen LogP contribution in [-0.2, 0) is 4.79 Å². The van der Waals surface area contributed by atoms with Crippen LogP contribution in [0.15, 0.2) is 18.2 Å². The van der Waals surface area contributed by atoms with Gasteiger partial charge in [-0.3, -0.25) is 19.7 Å². The van der Waals surface area contributed by atoms with Gasteiger partial charge in [0.25, 0.3) is 11.6 Å². The molecule has 0 saturated heterocycles. The molecular formula is C11H11ClN2O5. The van der Waals surface area contributed by atoms with Crippen LogP contribution >= 0.6 is 11.6 Å². The monoisotopic (exact) mass is 286 g/mol. The van der Waals surface area contributed by atoms with E-state index in [-0.39, 0.29) is 22.8 Å². The molecule has 0 radical (unpaired) electrons. The van der Waals surface area contributed by atoms with Crippen LogP contribution in [0.2, 0.25) is 5.02 Å². The van der Waals surface area contributed by atoms with Gasteiger partial charge in [-0.05, 0) is 6.07 Å². The van der Waals surface area contributed by atoms with Gasteiger partial charge in [0.1, 0.15) is 5.02 Å². The molecule has 1 aromatic carbocycles. The molecule has 19 heavy (non-hydrogen) atoms. The summed E-state index contributed by atoms with van der Waals surface area (Å²) in [6.07, 6.45) is 0. The summed E-state index contributed by atoms with van der Waals surface area (Å²) >= 11 is 5.76. The minimum Gasteiger partial charge on any atom is -0.481 e. The van der Waals surface area contributed by atoms with Gasteiger partial charge < -0.3 is 10.4 Å². The Morgan fingerprint density at radius 2 is 2.16 bits per heavy atom. The predicted octanol–water partition coefficient (Wildman–Crippen LogP) is 1.70. The maximum absolute atomic E-state index is 11.8. The third-order valence-corrected chi connectivity index (χ3v) is 2.81. The fourth-order valence-electron chi connectivity index (χ4n) is 1.26. The molecular weight excluding hydrogens is 276 g/mol. The van der Waals surface area contributed by atoms with E-state index in [1.165, 1.54) is 25.1 Å². The number of nitro groups is 1. The smallest absolute Gasteiger partial charge is 0.308 e. The molecule has 0 aliphatic carbocycles. The second-order valence-corrected chi connectivity index (χ2v) is 4.22. The summed E-state index contributed by atoms with van der Waals surface area (Å²) in [7, 11) is 0. The number of halogens is 1. The van der Waals surface area contributed by atoms with Crippen molar-refractivity contribution in [1.29, 1.82) is 0 Å². The standard InChI is InChI=1S/C11H11ClN2O5/c1-6(11(16)17)5-13-10(15)7-3-2-4-8(9(7)12)14(18)19/h2-4,6H,5H2,1H3,(H,13,15)(H,16,17). The molecule has 0 saturated carbocycles. The molecule has 102 valence electrons. The lowest BCUT2D eigenvalue weighted by atomic mass is 10.1. The summed E-state index contributed by atoms with van der Waals surface area (Å²) < 4.78 is 0. The number of carbonyl (C=O) groups excluding carboxylic acids is 1. The fourth-order valence-corrected chi connectivity index (χ4v) is 1.55. The molecule has 7 nitrogen and oxygen atoms in total. The number of carbonyl (C=O) groups is 2. The molecule has 1 rings (SSSR count). The topological polar surface area (TPSA) is 110 Å². The van der Waals surface area contributed by atoms with E-state index < -0.39 is 22.7 Å². The highest BCUT2D eigenvalue weighted by Crippen LogP contribution is 2.27. The van der Waals surface area contributed by atoms with Crippen LogP contribution in [0.5, 0.6) is 0 Å². The normalized spacial score (nSPS) is 11.7. The van der Waals surface area contributed by atoms with E-state index in [9.17, 15) is 19.7 Å². The summed E-state index contributed by atoms with van der Waals surface area (Å²) in [6, 6.07) is 3.84. The zero-order chi connectivity index (χ0) is 14.6. The van der Waals surface area contributed by atoms with Gasteiger partial charge in [0.05, 0.1) is 16.4 Å². The van der Waals surface area contributed by atoms with Crippen molar-refractivity contribution in [2.24, 2.45) is 5.92 Å². The Morgan fingerprint density at radius 3 is 2.68 bits per heavy atom. The van der Waals surface area contributed by atoms with Crippen molar-refractivity contribution in [2.45, 2.75) is 6.92 Å². The molecule has 1 aromatic rings. The third-order valence-electron chi connectivity index (χ3n) is 2.41. The number of aliphatic carboxylic acids is 1. The summed E-state index contributed by atoms with van der Waals surface area (Å²) in [5.74, 6) is -2.46. The third kappa shape index (κ3) is 3.65. The van der Waals surface area contributed by atoms with E-state index in [0.29, 0.717) is 0 Å². The predicted molar refractivity (Wildman–Crippen MR) is 67.2 cm³/mol. The first kappa shape index (κ1) is 14.9. The number of amides is 1. The van der Waals surface area contributed by atoms with Crippen molar-refractivity contribution < 1.29 is 19.6 Å². The lowest BCUT2D eigenvalue weighted by molar-refractivity contribution is -0.384. The molecule has 8 heteroatoms. The molecule has 2 N–H and O–H groups in total. The highest BCUT2D eigenvalue weighted by molar-refractivity contribution is 6.35. The Balaban J connectivity index is 2.86. The van der Waals surface area contributed by atoms with Gasteiger partial charge in [-0.15, -0.1) is 0 Å². The Bertz CT molecular complexity index is 532. The first-order chi connectivity index (χ1) is 8.84. The first-order valence-electron chi connectivity index (χ1n) is 5.28. The van der Waals surface area contributed by atoms with Crippen molar-refractivity contribution in [3.63, 3.8) is 0 Å². The minimum atomic E-state index is -1.05. The first-order valence-corrected chi connectivity index (χ1v) is 5.66. The van der Waals surface area contributed by atoms with Gasteiger partial charge in [-0.2, -0.15) is 0 Å². The largest absolute Gasteiger partial charge is 0.481 e. The average Bonchev–Trinajstić information content (AvgIpc) is 2.35. The van der Waals surface area contributed by atoms with Gasteiger partial charge in [-0.25, -0.2) is 0 Å². The molecule has 0 aromatic heterocycles. The van der Waals surface area contributed by atoms with Crippen molar-refractivity contribution in [2.75, 3.05) is 6.54 Å². The summed E-state index contributed by atoms with van der Waals surface area (Å²) in [5, 5.41) is 21.4. The molecule has 1 amide bonds. The number of hydrogen-bond acceptors (Lipinski definition) is 4. The molecule has 0 bridgehead atoms. The highest BCUT2D eigenvalue weighted by Gasteiger charge is 2.20. The van der Waals surface area contributed by atoms with Crippen molar-refractivity contribution in [3.8, 4) is 0 Å². The van der Waals surface area contributed by atoms with Gasteiger partial charge in [0, 0.05) is 12.6 Å². The van der Waals surface area contributed by atoms with Crippen molar-refractivity contribution >= 4 is 29.2 Å². The van der Waals surface area contributed by atoms with E-state index in [1.807, 2.05) is 0 Å². The van der Waals surface area contributed by atoms with Gasteiger partial charge >= 0.3 is 5.97 Å². The minimum absolute atomic E-state index is 0.0616. The molecule has 1 atom stereocenters.